The fourth-order valence-corrected chi connectivity index (χ4v) is 2.96. The lowest BCUT2D eigenvalue weighted by molar-refractivity contribution is 0.466. The number of hydrogen-bond donors (Lipinski definition) is 2. The Balaban J connectivity index is 2.19. The van der Waals surface area contributed by atoms with Crippen LogP contribution in [0.15, 0.2) is 47.5 Å². The number of hydrazine groups is 1. The molecular weight excluding hydrogens is 312 g/mol. The summed E-state index contributed by atoms with van der Waals surface area (Å²) in [7, 11) is -2.09. The second-order valence-electron chi connectivity index (χ2n) is 4.41. The minimum Gasteiger partial charge on any atom is -0.308 e. The number of benzene rings is 1. The third kappa shape index (κ3) is 3.70. The van der Waals surface area contributed by atoms with Crippen molar-refractivity contribution >= 4 is 27.4 Å². The molecule has 112 valence electrons. The Morgan fingerprint density at radius 2 is 1.90 bits per heavy atom. The van der Waals surface area contributed by atoms with E-state index in [2.05, 4.69) is 10.4 Å². The van der Waals surface area contributed by atoms with Crippen molar-refractivity contribution in [1.29, 1.82) is 0 Å². The van der Waals surface area contributed by atoms with Crippen molar-refractivity contribution < 1.29 is 8.42 Å². The Bertz CT molecular complexity index is 702. The number of nitrogens with one attached hydrogen (secondary N) is 1. The quantitative estimate of drug-likeness (QED) is 0.646. The third-order valence-corrected chi connectivity index (χ3v) is 4.95. The minimum absolute atomic E-state index is 0.109. The summed E-state index contributed by atoms with van der Waals surface area (Å²) in [5.74, 6) is 5.60. The number of sulfonamides is 1. The van der Waals surface area contributed by atoms with Crippen molar-refractivity contribution in [3.63, 3.8) is 0 Å². The summed E-state index contributed by atoms with van der Waals surface area (Å²) in [6.45, 7) is 0.246. The van der Waals surface area contributed by atoms with E-state index in [1.54, 1.807) is 24.3 Å². The predicted molar refractivity (Wildman–Crippen MR) is 82.2 cm³/mol. The van der Waals surface area contributed by atoms with Gasteiger partial charge < -0.3 is 5.43 Å². The zero-order valence-electron chi connectivity index (χ0n) is 11.3. The molecule has 2 rings (SSSR count). The molecule has 1 aromatic heterocycles. The number of anilines is 1. The molecule has 0 aliphatic heterocycles. The van der Waals surface area contributed by atoms with Crippen molar-refractivity contribution in [1.82, 2.24) is 9.29 Å². The van der Waals surface area contributed by atoms with Gasteiger partial charge in [-0.15, -0.1) is 0 Å². The van der Waals surface area contributed by atoms with Gasteiger partial charge in [-0.05, 0) is 29.8 Å². The zero-order chi connectivity index (χ0) is 15.5. The van der Waals surface area contributed by atoms with Gasteiger partial charge >= 0.3 is 0 Å². The van der Waals surface area contributed by atoms with E-state index < -0.39 is 10.0 Å². The molecule has 0 atom stereocenters. The van der Waals surface area contributed by atoms with Crippen LogP contribution in [0.3, 0.4) is 0 Å². The van der Waals surface area contributed by atoms with Gasteiger partial charge in [0, 0.05) is 24.8 Å². The Morgan fingerprint density at radius 1 is 1.24 bits per heavy atom. The SMILES string of the molecule is CN(Cc1ccc(Cl)cc1)S(=O)(=O)c1ccc(NN)nc1. The summed E-state index contributed by atoms with van der Waals surface area (Å²) >= 11 is 5.81. The van der Waals surface area contributed by atoms with Gasteiger partial charge in [0.25, 0.3) is 0 Å². The molecule has 1 aromatic carbocycles. The average Bonchev–Trinajstić information content (AvgIpc) is 2.49. The Labute approximate surface area is 128 Å². The molecule has 0 aliphatic carbocycles. The number of nitrogens with two attached hydrogens (primary N) is 1. The summed E-state index contributed by atoms with van der Waals surface area (Å²) in [5, 5.41) is 0.610. The number of pyridine rings is 1. The van der Waals surface area contributed by atoms with Crippen LogP contribution in [0.2, 0.25) is 5.02 Å². The van der Waals surface area contributed by atoms with Crippen molar-refractivity contribution in [2.24, 2.45) is 5.84 Å². The van der Waals surface area contributed by atoms with Gasteiger partial charge in [-0.3, -0.25) is 0 Å². The number of halogens is 1. The van der Waals surface area contributed by atoms with Crippen molar-refractivity contribution in [3.8, 4) is 0 Å². The van der Waals surface area contributed by atoms with Gasteiger partial charge in [0.15, 0.2) is 0 Å². The first-order valence-corrected chi connectivity index (χ1v) is 7.89. The monoisotopic (exact) mass is 326 g/mol. The fraction of sp³-hybridized carbons (Fsp3) is 0.154. The number of nitrogens with zero attached hydrogens (tertiary/aromatic N) is 2. The van der Waals surface area contributed by atoms with Crippen LogP contribution in [0, 0.1) is 0 Å². The number of rotatable bonds is 5. The maximum absolute atomic E-state index is 12.4. The van der Waals surface area contributed by atoms with Crippen LogP contribution < -0.4 is 11.3 Å². The molecular formula is C13H15ClN4O2S. The first kappa shape index (κ1) is 15.7. The summed E-state index contributed by atoms with van der Waals surface area (Å²) in [4.78, 5) is 4.01. The van der Waals surface area contributed by atoms with E-state index >= 15 is 0 Å². The molecule has 3 N–H and O–H groups in total. The summed E-state index contributed by atoms with van der Waals surface area (Å²) in [6.07, 6.45) is 1.27. The van der Waals surface area contributed by atoms with Crippen LogP contribution in [0.4, 0.5) is 5.82 Å². The van der Waals surface area contributed by atoms with Crippen LogP contribution in [0.1, 0.15) is 5.56 Å². The lowest BCUT2D eigenvalue weighted by Gasteiger charge is -2.17. The van der Waals surface area contributed by atoms with Crippen molar-refractivity contribution in [2.45, 2.75) is 11.4 Å². The van der Waals surface area contributed by atoms with E-state index in [9.17, 15) is 8.42 Å². The standard InChI is InChI=1S/C13H15ClN4O2S/c1-18(9-10-2-4-11(14)5-3-10)21(19,20)12-6-7-13(17-15)16-8-12/h2-8H,9,15H2,1H3,(H,16,17). The Morgan fingerprint density at radius 3 is 2.43 bits per heavy atom. The van der Waals surface area contributed by atoms with Gasteiger partial charge in [-0.1, -0.05) is 23.7 Å². The van der Waals surface area contributed by atoms with E-state index in [1.165, 1.54) is 29.7 Å². The fourth-order valence-electron chi connectivity index (χ4n) is 1.73. The molecule has 2 aromatic rings. The highest BCUT2D eigenvalue weighted by Gasteiger charge is 2.21. The first-order chi connectivity index (χ1) is 9.93. The minimum atomic E-state index is -3.60. The van der Waals surface area contributed by atoms with E-state index in [0.29, 0.717) is 10.8 Å². The Hall–Kier alpha value is -1.67. The van der Waals surface area contributed by atoms with E-state index in [1.807, 2.05) is 0 Å². The lowest BCUT2D eigenvalue weighted by atomic mass is 10.2. The van der Waals surface area contributed by atoms with Crippen LogP contribution in [0.5, 0.6) is 0 Å². The molecule has 8 heteroatoms. The van der Waals surface area contributed by atoms with Crippen LogP contribution in [-0.2, 0) is 16.6 Å². The maximum Gasteiger partial charge on any atom is 0.244 e. The normalized spacial score (nSPS) is 11.6. The van der Waals surface area contributed by atoms with Gasteiger partial charge in [-0.2, -0.15) is 4.31 Å². The summed E-state index contributed by atoms with van der Waals surface area (Å²) < 4.78 is 26.1. The van der Waals surface area contributed by atoms with Gasteiger partial charge in [0.05, 0.1) is 0 Å². The second kappa shape index (κ2) is 6.40. The largest absolute Gasteiger partial charge is 0.308 e. The van der Waals surface area contributed by atoms with E-state index in [-0.39, 0.29) is 11.4 Å². The van der Waals surface area contributed by atoms with Crippen LogP contribution in [-0.4, -0.2) is 24.8 Å². The van der Waals surface area contributed by atoms with Gasteiger partial charge in [-0.25, -0.2) is 19.2 Å². The molecule has 0 unspecified atom stereocenters. The Kier molecular flexibility index (Phi) is 4.79. The van der Waals surface area contributed by atoms with Gasteiger partial charge in [0.2, 0.25) is 10.0 Å². The molecule has 0 amide bonds. The highest BCUT2D eigenvalue weighted by atomic mass is 35.5. The highest BCUT2D eigenvalue weighted by Crippen LogP contribution is 2.18. The molecule has 1 heterocycles. The smallest absolute Gasteiger partial charge is 0.244 e. The first-order valence-electron chi connectivity index (χ1n) is 6.07. The van der Waals surface area contributed by atoms with E-state index in [4.69, 9.17) is 17.4 Å². The molecule has 0 fully saturated rings. The summed E-state index contributed by atoms with van der Waals surface area (Å²) in [5.41, 5.74) is 3.19. The van der Waals surface area contributed by atoms with Crippen molar-refractivity contribution in [2.75, 3.05) is 12.5 Å². The predicted octanol–water partition coefficient (Wildman–Crippen LogP) is 1.84. The molecule has 0 aliphatic rings. The average molecular weight is 327 g/mol. The maximum atomic E-state index is 12.4. The topological polar surface area (TPSA) is 88.3 Å². The van der Waals surface area contributed by atoms with Crippen LogP contribution in [0.25, 0.3) is 0 Å². The molecule has 0 saturated heterocycles. The summed E-state index contributed by atoms with van der Waals surface area (Å²) in [6, 6.07) is 9.97. The van der Waals surface area contributed by atoms with Crippen LogP contribution >= 0.6 is 11.6 Å². The number of aromatic nitrogens is 1. The van der Waals surface area contributed by atoms with Gasteiger partial charge in [0.1, 0.15) is 10.7 Å². The third-order valence-electron chi connectivity index (χ3n) is 2.91. The molecule has 0 radical (unpaired) electrons. The molecule has 21 heavy (non-hydrogen) atoms. The van der Waals surface area contributed by atoms with Crippen molar-refractivity contribution in [3.05, 3.63) is 53.2 Å². The zero-order valence-corrected chi connectivity index (χ0v) is 12.9. The molecule has 0 spiro atoms. The second-order valence-corrected chi connectivity index (χ2v) is 6.89. The molecule has 6 nitrogen and oxygen atoms in total. The van der Waals surface area contributed by atoms with E-state index in [0.717, 1.165) is 5.56 Å². The molecule has 0 saturated carbocycles. The molecule has 0 bridgehead atoms. The number of hydrogen-bond acceptors (Lipinski definition) is 5. The highest BCUT2D eigenvalue weighted by molar-refractivity contribution is 7.89. The lowest BCUT2D eigenvalue weighted by Crippen LogP contribution is -2.26. The number of nitrogen functional groups attached to an aromatic ring is 1.